The van der Waals surface area contributed by atoms with Crippen LogP contribution in [0.2, 0.25) is 0 Å². The molecule has 0 aliphatic rings. The van der Waals surface area contributed by atoms with Gasteiger partial charge in [0.05, 0.1) is 10.6 Å². The quantitative estimate of drug-likeness (QED) is 0.859. The first-order chi connectivity index (χ1) is 8.69. The molecule has 4 nitrogen and oxygen atoms in total. The van der Waals surface area contributed by atoms with Crippen LogP contribution < -0.4 is 10.1 Å². The number of ether oxygens (including phenoxy) is 1. The molecule has 1 N–H and O–H groups in total. The van der Waals surface area contributed by atoms with Crippen molar-refractivity contribution in [1.82, 2.24) is 0 Å². The number of aldehydes is 1. The molecule has 0 atom stereocenters. The van der Waals surface area contributed by atoms with E-state index in [1.165, 1.54) is 18.3 Å². The van der Waals surface area contributed by atoms with Crippen LogP contribution in [-0.4, -0.2) is 12.2 Å². The molecule has 0 spiro atoms. The Labute approximate surface area is 108 Å². The van der Waals surface area contributed by atoms with Crippen molar-refractivity contribution < 1.29 is 14.3 Å². The van der Waals surface area contributed by atoms with Crippen molar-refractivity contribution in [3.05, 3.63) is 40.6 Å². The van der Waals surface area contributed by atoms with Crippen LogP contribution in [0.3, 0.4) is 0 Å². The van der Waals surface area contributed by atoms with Crippen molar-refractivity contribution in [2.24, 2.45) is 0 Å². The maximum atomic E-state index is 11.1. The molecule has 0 radical (unpaired) electrons. The van der Waals surface area contributed by atoms with E-state index < -0.39 is 0 Å². The Morgan fingerprint density at radius 3 is 2.83 bits per heavy atom. The zero-order valence-corrected chi connectivity index (χ0v) is 10.5. The molecule has 0 saturated heterocycles. The summed E-state index contributed by atoms with van der Waals surface area (Å²) in [7, 11) is 0. The van der Waals surface area contributed by atoms with Crippen molar-refractivity contribution >= 4 is 29.2 Å². The molecule has 0 fully saturated rings. The highest BCUT2D eigenvalue weighted by atomic mass is 32.1. The highest BCUT2D eigenvalue weighted by Crippen LogP contribution is 2.31. The fourth-order valence-corrected chi connectivity index (χ4v) is 2.03. The average molecular weight is 261 g/mol. The third-order valence-electron chi connectivity index (χ3n) is 2.14. The lowest BCUT2D eigenvalue weighted by Gasteiger charge is -2.09. The predicted octanol–water partition coefficient (Wildman–Crippen LogP) is 3.31. The normalized spacial score (nSPS) is 9.83. The Morgan fingerprint density at radius 1 is 1.39 bits per heavy atom. The summed E-state index contributed by atoms with van der Waals surface area (Å²) in [6.07, 6.45) is 0.775. The van der Waals surface area contributed by atoms with Gasteiger partial charge < -0.3 is 10.1 Å². The van der Waals surface area contributed by atoms with Crippen LogP contribution in [0, 0.1) is 0 Å². The number of rotatable bonds is 4. The number of hydrogen-bond donors (Lipinski definition) is 1. The van der Waals surface area contributed by atoms with E-state index in [1.807, 2.05) is 12.1 Å². The van der Waals surface area contributed by atoms with Crippen molar-refractivity contribution in [3.63, 3.8) is 0 Å². The van der Waals surface area contributed by atoms with Gasteiger partial charge in [0.1, 0.15) is 5.75 Å². The summed E-state index contributed by atoms with van der Waals surface area (Å²) >= 11 is 1.31. The molecule has 2 aromatic rings. The molecule has 2 rings (SSSR count). The molecule has 92 valence electrons. The Bertz CT molecular complexity index is 577. The van der Waals surface area contributed by atoms with Crippen LogP contribution in [0.4, 0.5) is 5.69 Å². The van der Waals surface area contributed by atoms with Crippen molar-refractivity contribution in [2.45, 2.75) is 6.92 Å². The van der Waals surface area contributed by atoms with Gasteiger partial charge in [-0.25, -0.2) is 0 Å². The van der Waals surface area contributed by atoms with Crippen LogP contribution in [0.25, 0.3) is 0 Å². The summed E-state index contributed by atoms with van der Waals surface area (Å²) in [5, 5.41) is 4.43. The first kappa shape index (κ1) is 12.3. The van der Waals surface area contributed by atoms with Crippen LogP contribution in [0.15, 0.2) is 35.7 Å². The highest BCUT2D eigenvalue weighted by molar-refractivity contribution is 7.11. The van der Waals surface area contributed by atoms with Gasteiger partial charge in [-0.05, 0) is 12.1 Å². The molecule has 1 amide bonds. The first-order valence-corrected chi connectivity index (χ1v) is 6.15. The molecular formula is C13H11NO3S. The lowest BCUT2D eigenvalue weighted by molar-refractivity contribution is -0.114. The van der Waals surface area contributed by atoms with E-state index in [0.717, 1.165) is 6.29 Å². The second kappa shape index (κ2) is 5.46. The van der Waals surface area contributed by atoms with Crippen LogP contribution in [0.5, 0.6) is 11.5 Å². The molecule has 1 heterocycles. The number of nitrogens with one attached hydrogen (secondary N) is 1. The number of amides is 1. The largest absolute Gasteiger partial charge is 0.454 e. The smallest absolute Gasteiger partial charge is 0.221 e. The van der Waals surface area contributed by atoms with Gasteiger partial charge in [-0.1, -0.05) is 12.1 Å². The molecule has 1 aromatic heterocycles. The van der Waals surface area contributed by atoms with E-state index >= 15 is 0 Å². The van der Waals surface area contributed by atoms with Crippen molar-refractivity contribution in [3.8, 4) is 11.5 Å². The standard InChI is InChI=1S/C13H11NO3S/c1-9(16)14-12-4-2-3-5-13(12)17-10-6-11(7-15)18-8-10/h2-8H,1H3,(H,14,16). The second-order valence-corrected chi connectivity index (χ2v) is 4.52. The number of para-hydroxylation sites is 2. The van der Waals surface area contributed by atoms with E-state index in [-0.39, 0.29) is 5.91 Å². The molecule has 0 aliphatic carbocycles. The van der Waals surface area contributed by atoms with E-state index in [4.69, 9.17) is 4.74 Å². The van der Waals surface area contributed by atoms with Crippen molar-refractivity contribution in [2.75, 3.05) is 5.32 Å². The van der Waals surface area contributed by atoms with Crippen LogP contribution in [0.1, 0.15) is 16.6 Å². The molecule has 18 heavy (non-hydrogen) atoms. The monoisotopic (exact) mass is 261 g/mol. The fourth-order valence-electron chi connectivity index (χ4n) is 1.43. The van der Waals surface area contributed by atoms with E-state index in [2.05, 4.69) is 5.32 Å². The number of thiophene rings is 1. The molecule has 0 saturated carbocycles. The number of hydrogen-bond acceptors (Lipinski definition) is 4. The highest BCUT2D eigenvalue weighted by Gasteiger charge is 2.07. The second-order valence-electron chi connectivity index (χ2n) is 3.58. The Balaban J connectivity index is 2.22. The van der Waals surface area contributed by atoms with E-state index in [1.54, 1.807) is 23.6 Å². The third-order valence-corrected chi connectivity index (χ3v) is 2.97. The van der Waals surface area contributed by atoms with Gasteiger partial charge in [-0.3, -0.25) is 9.59 Å². The van der Waals surface area contributed by atoms with Gasteiger partial charge in [0.15, 0.2) is 12.0 Å². The van der Waals surface area contributed by atoms with Gasteiger partial charge in [0.2, 0.25) is 5.91 Å². The lowest BCUT2D eigenvalue weighted by atomic mass is 10.3. The summed E-state index contributed by atoms with van der Waals surface area (Å²) in [6.45, 7) is 1.44. The summed E-state index contributed by atoms with van der Waals surface area (Å²) in [5.41, 5.74) is 0.601. The fraction of sp³-hybridized carbons (Fsp3) is 0.0769. The minimum atomic E-state index is -0.162. The van der Waals surface area contributed by atoms with Gasteiger partial charge in [0, 0.05) is 18.4 Å². The molecule has 0 bridgehead atoms. The molecular weight excluding hydrogens is 250 g/mol. The predicted molar refractivity (Wildman–Crippen MR) is 70.5 cm³/mol. The van der Waals surface area contributed by atoms with Crippen LogP contribution in [-0.2, 0) is 4.79 Å². The molecule has 1 aromatic carbocycles. The minimum Gasteiger partial charge on any atom is -0.454 e. The van der Waals surface area contributed by atoms with Crippen molar-refractivity contribution in [1.29, 1.82) is 0 Å². The Hall–Kier alpha value is -2.14. The average Bonchev–Trinajstić information content (AvgIpc) is 2.79. The number of carbonyl (C=O) groups is 2. The Kier molecular flexibility index (Phi) is 3.74. The summed E-state index contributed by atoms with van der Waals surface area (Å²) < 4.78 is 5.63. The summed E-state index contributed by atoms with van der Waals surface area (Å²) in [6, 6.07) is 8.78. The topological polar surface area (TPSA) is 55.4 Å². The summed E-state index contributed by atoms with van der Waals surface area (Å²) in [5.74, 6) is 0.966. The maximum absolute atomic E-state index is 11.1. The zero-order chi connectivity index (χ0) is 13.0. The Morgan fingerprint density at radius 2 is 2.17 bits per heavy atom. The molecule has 0 unspecified atom stereocenters. The SMILES string of the molecule is CC(=O)Nc1ccccc1Oc1csc(C=O)c1. The number of anilines is 1. The molecule has 0 aliphatic heterocycles. The maximum Gasteiger partial charge on any atom is 0.221 e. The van der Waals surface area contributed by atoms with Gasteiger partial charge in [-0.15, -0.1) is 11.3 Å². The van der Waals surface area contributed by atoms with Gasteiger partial charge >= 0.3 is 0 Å². The van der Waals surface area contributed by atoms with Gasteiger partial charge in [0.25, 0.3) is 0 Å². The zero-order valence-electron chi connectivity index (χ0n) is 9.67. The van der Waals surface area contributed by atoms with Gasteiger partial charge in [-0.2, -0.15) is 0 Å². The van der Waals surface area contributed by atoms with Crippen LogP contribution >= 0.6 is 11.3 Å². The molecule has 5 heteroatoms. The minimum absolute atomic E-state index is 0.162. The number of carbonyl (C=O) groups excluding carboxylic acids is 2. The first-order valence-electron chi connectivity index (χ1n) is 5.27. The van der Waals surface area contributed by atoms with E-state index in [9.17, 15) is 9.59 Å². The van der Waals surface area contributed by atoms with E-state index in [0.29, 0.717) is 22.1 Å². The lowest BCUT2D eigenvalue weighted by Crippen LogP contribution is -2.06. The third kappa shape index (κ3) is 2.95. The summed E-state index contributed by atoms with van der Waals surface area (Å²) in [4.78, 5) is 22.2. The number of benzene rings is 1.